The molecular formula is C32H42N2O4. The Morgan fingerprint density at radius 3 is 1.61 bits per heavy atom. The lowest BCUT2D eigenvalue weighted by atomic mass is 10.0. The van der Waals surface area contributed by atoms with E-state index in [0.29, 0.717) is 22.4 Å². The molecule has 0 saturated carbocycles. The smallest absolute Gasteiger partial charge is 0.344 e. The normalized spacial score (nSPS) is 15.8. The van der Waals surface area contributed by atoms with Crippen LogP contribution in [0.4, 0.5) is 11.4 Å². The van der Waals surface area contributed by atoms with Gasteiger partial charge in [-0.05, 0) is 56.0 Å². The summed E-state index contributed by atoms with van der Waals surface area (Å²) < 4.78 is 11.8. The zero-order valence-corrected chi connectivity index (χ0v) is 23.5. The van der Waals surface area contributed by atoms with Gasteiger partial charge < -0.3 is 19.3 Å². The van der Waals surface area contributed by atoms with Crippen molar-refractivity contribution in [3.63, 3.8) is 0 Å². The molecule has 2 aromatic rings. The topological polar surface area (TPSA) is 59.1 Å². The molecule has 204 valence electrons. The first-order valence-corrected chi connectivity index (χ1v) is 14.5. The van der Waals surface area contributed by atoms with Gasteiger partial charge in [0.2, 0.25) is 11.5 Å². The average molecular weight is 519 g/mol. The van der Waals surface area contributed by atoms with Crippen LogP contribution in [0.15, 0.2) is 42.2 Å². The van der Waals surface area contributed by atoms with Crippen LogP contribution in [0.25, 0.3) is 5.76 Å². The van der Waals surface area contributed by atoms with Crippen molar-refractivity contribution in [1.29, 1.82) is 0 Å². The number of fused-ring (bicyclic) bond motifs is 2. The highest BCUT2D eigenvalue weighted by molar-refractivity contribution is 6.18. The summed E-state index contributed by atoms with van der Waals surface area (Å²) >= 11 is 0. The maximum absolute atomic E-state index is 13.4. The number of rotatable bonds is 14. The van der Waals surface area contributed by atoms with Crippen molar-refractivity contribution in [3.8, 4) is 5.75 Å². The van der Waals surface area contributed by atoms with E-state index in [9.17, 15) is 9.59 Å². The molecule has 4 rings (SSSR count). The van der Waals surface area contributed by atoms with Gasteiger partial charge in [0.15, 0.2) is 5.76 Å². The number of ketones is 1. The van der Waals surface area contributed by atoms with E-state index in [1.165, 1.54) is 0 Å². The van der Waals surface area contributed by atoms with E-state index in [0.717, 1.165) is 88.9 Å². The van der Waals surface area contributed by atoms with Crippen LogP contribution in [-0.2, 0) is 4.74 Å². The van der Waals surface area contributed by atoms with Crippen LogP contribution < -0.4 is 14.5 Å². The Balaban J connectivity index is 1.66. The number of carbonyl (C=O) groups excluding carboxylic acids is 2. The van der Waals surface area contributed by atoms with Crippen molar-refractivity contribution >= 4 is 28.9 Å². The Kier molecular flexibility index (Phi) is 9.48. The van der Waals surface area contributed by atoms with Gasteiger partial charge in [-0.15, -0.1) is 0 Å². The minimum Gasteiger partial charge on any atom is -0.448 e. The van der Waals surface area contributed by atoms with E-state index >= 15 is 0 Å². The number of hydrogen-bond acceptors (Lipinski definition) is 6. The van der Waals surface area contributed by atoms with Crippen LogP contribution >= 0.6 is 0 Å². The number of esters is 1. The molecule has 0 fully saturated rings. The Morgan fingerprint density at radius 2 is 1.08 bits per heavy atom. The Labute approximate surface area is 227 Å². The monoisotopic (exact) mass is 518 g/mol. The molecule has 6 nitrogen and oxygen atoms in total. The minimum absolute atomic E-state index is 0.101. The van der Waals surface area contributed by atoms with Gasteiger partial charge >= 0.3 is 5.97 Å². The first-order chi connectivity index (χ1) is 18.5. The lowest BCUT2D eigenvalue weighted by Gasteiger charge is -2.25. The molecule has 0 N–H and O–H groups in total. The number of nitrogens with zero attached hydrogens (tertiary/aromatic N) is 2. The van der Waals surface area contributed by atoms with Gasteiger partial charge in [0.05, 0.1) is 11.1 Å². The molecule has 0 atom stereocenters. The zero-order chi connectivity index (χ0) is 27.1. The van der Waals surface area contributed by atoms with Crippen LogP contribution in [0.2, 0.25) is 0 Å². The molecule has 0 saturated heterocycles. The summed E-state index contributed by atoms with van der Waals surface area (Å²) in [6.45, 7) is 12.6. The van der Waals surface area contributed by atoms with Gasteiger partial charge in [-0.1, -0.05) is 53.4 Å². The summed E-state index contributed by atoms with van der Waals surface area (Å²) in [6, 6.07) is 11.6. The number of allylic oxidation sites excluding steroid dienone is 1. The molecule has 0 unspecified atom stereocenters. The third kappa shape index (κ3) is 5.90. The van der Waals surface area contributed by atoms with E-state index in [2.05, 4.69) is 37.5 Å². The van der Waals surface area contributed by atoms with Crippen LogP contribution in [0.3, 0.4) is 0 Å². The first-order valence-electron chi connectivity index (χ1n) is 14.5. The van der Waals surface area contributed by atoms with Crippen LogP contribution in [-0.4, -0.2) is 37.9 Å². The summed E-state index contributed by atoms with van der Waals surface area (Å²) in [7, 11) is 0. The number of hydrogen-bond donors (Lipinski definition) is 0. The van der Waals surface area contributed by atoms with Crippen molar-refractivity contribution in [2.75, 3.05) is 36.0 Å². The lowest BCUT2D eigenvalue weighted by Crippen LogP contribution is -2.25. The molecule has 2 heterocycles. The molecule has 0 aliphatic carbocycles. The molecule has 6 heteroatoms. The Hall–Kier alpha value is -3.28. The van der Waals surface area contributed by atoms with E-state index < -0.39 is 5.97 Å². The number of ether oxygens (including phenoxy) is 2. The molecule has 38 heavy (non-hydrogen) atoms. The van der Waals surface area contributed by atoms with Crippen LogP contribution in [0.5, 0.6) is 5.75 Å². The van der Waals surface area contributed by atoms with E-state index in [1.807, 2.05) is 36.4 Å². The number of Topliss-reactive ketones (excluding diaryl/α,β-unsaturated/α-hetero) is 1. The predicted octanol–water partition coefficient (Wildman–Crippen LogP) is 7.61. The summed E-state index contributed by atoms with van der Waals surface area (Å²) in [5.41, 5.74) is 3.71. The van der Waals surface area contributed by atoms with Crippen molar-refractivity contribution in [2.45, 2.75) is 79.1 Å². The second kappa shape index (κ2) is 13.0. The number of benzene rings is 2. The van der Waals surface area contributed by atoms with Crippen molar-refractivity contribution in [1.82, 2.24) is 0 Å². The number of carbonyl (C=O) groups is 2. The Bertz CT molecular complexity index is 1170. The third-order valence-corrected chi connectivity index (χ3v) is 7.35. The average Bonchev–Trinajstić information content (AvgIpc) is 3.44. The van der Waals surface area contributed by atoms with Crippen molar-refractivity contribution < 1.29 is 19.1 Å². The number of anilines is 2. The fourth-order valence-electron chi connectivity index (χ4n) is 5.01. The van der Waals surface area contributed by atoms with Gasteiger partial charge in [0.1, 0.15) is 5.75 Å². The zero-order valence-electron chi connectivity index (χ0n) is 23.5. The fourth-order valence-corrected chi connectivity index (χ4v) is 5.01. The standard InChI is InChI=1S/C32H42N2O4/c1-5-9-17-33(18-10-6-2)23-13-15-25-27(21-23)30(38-32(25)36)31-29(35)26-16-14-24(22-28(26)37-31)34(19-11-7-3)20-12-8-4/h13-16,21-22H,5-12,17-20H2,1-4H3. The molecule has 2 aliphatic heterocycles. The number of unbranched alkanes of at least 4 members (excludes halogenated alkanes) is 4. The second-order valence-electron chi connectivity index (χ2n) is 10.3. The summed E-state index contributed by atoms with van der Waals surface area (Å²) in [5, 5.41) is 0. The molecule has 0 radical (unpaired) electrons. The largest absolute Gasteiger partial charge is 0.448 e. The van der Waals surface area contributed by atoms with Gasteiger partial charge in [0, 0.05) is 49.2 Å². The highest BCUT2D eigenvalue weighted by Crippen LogP contribution is 2.41. The van der Waals surface area contributed by atoms with Gasteiger partial charge in [-0.2, -0.15) is 0 Å². The first kappa shape index (κ1) is 27.7. The molecule has 0 amide bonds. The third-order valence-electron chi connectivity index (χ3n) is 7.35. The maximum atomic E-state index is 13.4. The molecule has 2 aliphatic rings. The lowest BCUT2D eigenvalue weighted by molar-refractivity contribution is 0.0710. The fraction of sp³-hybridized carbons (Fsp3) is 0.500. The molecular weight excluding hydrogens is 476 g/mol. The van der Waals surface area contributed by atoms with Crippen molar-refractivity contribution in [2.24, 2.45) is 0 Å². The van der Waals surface area contributed by atoms with E-state index in [4.69, 9.17) is 9.47 Å². The number of cyclic esters (lactones) is 1. The van der Waals surface area contributed by atoms with Gasteiger partial charge in [-0.25, -0.2) is 4.79 Å². The SMILES string of the molecule is CCCCN(CCCC)c1ccc2c(c1)OC(=C1OC(=O)c3ccc(N(CCCC)CCCC)cc31)C2=O. The van der Waals surface area contributed by atoms with Crippen LogP contribution in [0.1, 0.15) is 105 Å². The van der Waals surface area contributed by atoms with Gasteiger partial charge in [-0.3, -0.25) is 4.79 Å². The molecule has 0 bridgehead atoms. The summed E-state index contributed by atoms with van der Waals surface area (Å²) in [4.78, 5) is 30.9. The minimum atomic E-state index is -0.443. The predicted molar refractivity (Wildman–Crippen MR) is 154 cm³/mol. The Morgan fingerprint density at radius 1 is 0.579 bits per heavy atom. The quantitative estimate of drug-likeness (QED) is 0.189. The van der Waals surface area contributed by atoms with Crippen molar-refractivity contribution in [3.05, 3.63) is 58.8 Å². The van der Waals surface area contributed by atoms with E-state index in [1.54, 1.807) is 0 Å². The second-order valence-corrected chi connectivity index (χ2v) is 10.3. The summed E-state index contributed by atoms with van der Waals surface area (Å²) in [5.74, 6) is 0.176. The highest BCUT2D eigenvalue weighted by atomic mass is 16.6. The summed E-state index contributed by atoms with van der Waals surface area (Å²) in [6.07, 6.45) is 8.88. The van der Waals surface area contributed by atoms with E-state index in [-0.39, 0.29) is 17.3 Å². The van der Waals surface area contributed by atoms with Gasteiger partial charge in [0.25, 0.3) is 0 Å². The highest BCUT2D eigenvalue weighted by Gasteiger charge is 2.38. The van der Waals surface area contributed by atoms with Crippen LogP contribution in [0, 0.1) is 0 Å². The molecule has 0 spiro atoms. The maximum Gasteiger partial charge on any atom is 0.344 e. The molecule has 2 aromatic carbocycles. The molecule has 0 aromatic heterocycles.